The first kappa shape index (κ1) is 19.7. The maximum absolute atomic E-state index is 12.9. The van der Waals surface area contributed by atoms with E-state index >= 15 is 0 Å². The molecule has 0 radical (unpaired) electrons. The first-order valence-corrected chi connectivity index (χ1v) is 9.86. The van der Waals surface area contributed by atoms with Gasteiger partial charge in [-0.15, -0.1) is 11.3 Å². The van der Waals surface area contributed by atoms with Crippen molar-refractivity contribution >= 4 is 34.5 Å². The van der Waals surface area contributed by atoms with Gasteiger partial charge in [0.1, 0.15) is 5.69 Å². The number of hydrogen-bond donors (Lipinski definition) is 3. The van der Waals surface area contributed by atoms with Gasteiger partial charge >= 0.3 is 0 Å². The molecular formula is C19H18N6O4S. The summed E-state index contributed by atoms with van der Waals surface area (Å²) in [4.78, 5) is 50.4. The van der Waals surface area contributed by atoms with E-state index in [4.69, 9.17) is 10.6 Å². The second-order valence-electron chi connectivity index (χ2n) is 6.73. The Morgan fingerprint density at radius 1 is 1.30 bits per heavy atom. The summed E-state index contributed by atoms with van der Waals surface area (Å²) in [6.45, 7) is 0. The van der Waals surface area contributed by atoms with Gasteiger partial charge in [0.05, 0.1) is 29.5 Å². The number of anilines is 2. The van der Waals surface area contributed by atoms with Crippen LogP contribution in [0.25, 0.3) is 5.13 Å². The molecular weight excluding hydrogens is 408 g/mol. The zero-order chi connectivity index (χ0) is 21.3. The molecule has 1 saturated carbocycles. The maximum Gasteiger partial charge on any atom is 0.280 e. The van der Waals surface area contributed by atoms with Crippen LogP contribution >= 0.6 is 11.3 Å². The third-order valence-corrected chi connectivity index (χ3v) is 5.67. The smallest absolute Gasteiger partial charge is 0.280 e. The zero-order valence-corrected chi connectivity index (χ0v) is 16.7. The molecule has 154 valence electrons. The van der Waals surface area contributed by atoms with E-state index in [1.54, 1.807) is 36.0 Å². The normalized spacial score (nSPS) is 14.2. The molecule has 3 aromatic heterocycles. The highest BCUT2D eigenvalue weighted by Crippen LogP contribution is 2.47. The highest BCUT2D eigenvalue weighted by atomic mass is 32.1. The second kappa shape index (κ2) is 7.69. The fourth-order valence-electron chi connectivity index (χ4n) is 3.12. The van der Waals surface area contributed by atoms with Crippen molar-refractivity contribution in [2.24, 2.45) is 5.73 Å². The molecule has 0 aromatic carbocycles. The van der Waals surface area contributed by atoms with Crippen LogP contribution < -0.4 is 22.1 Å². The van der Waals surface area contributed by atoms with E-state index in [0.717, 1.165) is 0 Å². The fraction of sp³-hybridized carbons (Fsp3) is 0.211. The Kier molecular flexibility index (Phi) is 5.06. The van der Waals surface area contributed by atoms with Crippen molar-refractivity contribution in [1.82, 2.24) is 20.0 Å². The van der Waals surface area contributed by atoms with Gasteiger partial charge in [-0.3, -0.25) is 28.8 Å². The van der Waals surface area contributed by atoms with Gasteiger partial charge in [0, 0.05) is 24.0 Å². The Morgan fingerprint density at radius 2 is 2.10 bits per heavy atom. The number of hydroxylamine groups is 1. The summed E-state index contributed by atoms with van der Waals surface area (Å²) in [6, 6.07) is 4.85. The molecule has 0 bridgehead atoms. The lowest BCUT2D eigenvalue weighted by atomic mass is 9.99. The minimum absolute atomic E-state index is 0.143. The average Bonchev–Trinajstić information content (AvgIpc) is 3.38. The largest absolute Gasteiger partial charge is 0.369 e. The highest BCUT2D eigenvalue weighted by molar-refractivity contribution is 7.12. The van der Waals surface area contributed by atoms with Gasteiger partial charge in [0.15, 0.2) is 5.13 Å². The van der Waals surface area contributed by atoms with E-state index in [9.17, 15) is 14.4 Å². The number of thiazole rings is 1. The number of nitrogens with two attached hydrogens (primary N) is 1. The Hall–Kier alpha value is -3.57. The molecule has 0 unspecified atom stereocenters. The first-order chi connectivity index (χ1) is 14.5. The number of hydrogen-bond acceptors (Lipinski definition) is 8. The summed E-state index contributed by atoms with van der Waals surface area (Å²) in [5, 5.41) is 5.28. The number of aromatic nitrogens is 3. The van der Waals surface area contributed by atoms with Gasteiger partial charge in [-0.2, -0.15) is 0 Å². The molecule has 3 aromatic rings. The van der Waals surface area contributed by atoms with Crippen LogP contribution in [-0.2, 0) is 15.0 Å². The van der Waals surface area contributed by atoms with Gasteiger partial charge in [0.25, 0.3) is 11.5 Å². The molecule has 0 spiro atoms. The molecule has 11 heteroatoms. The van der Waals surface area contributed by atoms with Crippen LogP contribution in [0.2, 0.25) is 0 Å². The molecule has 0 atom stereocenters. The van der Waals surface area contributed by atoms with Crippen LogP contribution in [0.3, 0.4) is 0 Å². The van der Waals surface area contributed by atoms with Gasteiger partial charge in [-0.05, 0) is 31.0 Å². The topological polar surface area (TPSA) is 141 Å². The van der Waals surface area contributed by atoms with Crippen LogP contribution in [0.5, 0.6) is 0 Å². The standard InChI is InChI=1S/C19H18N6O4S/c1-29-24-15(26)11-10-22-14(19(4-5-19)17(20)28)9-13(11)23-12-3-2-7-25(16(12)27)18-21-6-8-30-18/h2-3,6-10H,4-5H2,1H3,(H2,20,28)(H,22,23)(H,24,26). The Labute approximate surface area is 174 Å². The third kappa shape index (κ3) is 3.44. The van der Waals surface area contributed by atoms with Crippen LogP contribution in [0.4, 0.5) is 11.4 Å². The summed E-state index contributed by atoms with van der Waals surface area (Å²) in [5.41, 5.74) is 7.71. The Balaban J connectivity index is 1.77. The van der Waals surface area contributed by atoms with E-state index in [-0.39, 0.29) is 16.8 Å². The molecule has 1 aliphatic carbocycles. The van der Waals surface area contributed by atoms with Crippen LogP contribution in [-0.4, -0.2) is 33.5 Å². The predicted octanol–water partition coefficient (Wildman–Crippen LogP) is 1.24. The van der Waals surface area contributed by atoms with Crippen LogP contribution in [0.1, 0.15) is 28.9 Å². The van der Waals surface area contributed by atoms with Crippen molar-refractivity contribution in [2.75, 3.05) is 12.4 Å². The van der Waals surface area contributed by atoms with Gasteiger partial charge in [0.2, 0.25) is 5.91 Å². The molecule has 4 rings (SSSR count). The number of amides is 2. The molecule has 0 saturated heterocycles. The molecule has 1 fully saturated rings. The summed E-state index contributed by atoms with van der Waals surface area (Å²) in [6.07, 6.45) is 5.71. The van der Waals surface area contributed by atoms with Gasteiger partial charge in [-0.1, -0.05) is 0 Å². The molecule has 30 heavy (non-hydrogen) atoms. The number of nitrogens with one attached hydrogen (secondary N) is 2. The zero-order valence-electron chi connectivity index (χ0n) is 15.9. The molecule has 0 aliphatic heterocycles. The lowest BCUT2D eigenvalue weighted by Gasteiger charge is -2.16. The van der Waals surface area contributed by atoms with Gasteiger partial charge < -0.3 is 11.1 Å². The number of carbonyl (C=O) groups is 2. The van der Waals surface area contributed by atoms with E-state index in [2.05, 4.69) is 20.8 Å². The van der Waals surface area contributed by atoms with Crippen molar-refractivity contribution in [3.63, 3.8) is 0 Å². The van der Waals surface area contributed by atoms with Crippen molar-refractivity contribution in [3.05, 3.63) is 63.8 Å². The van der Waals surface area contributed by atoms with Crippen molar-refractivity contribution in [1.29, 1.82) is 0 Å². The Morgan fingerprint density at radius 3 is 2.73 bits per heavy atom. The minimum atomic E-state index is -0.843. The van der Waals surface area contributed by atoms with E-state index in [1.807, 2.05) is 0 Å². The molecule has 3 heterocycles. The SMILES string of the molecule is CONC(=O)c1cnc(C2(C(N)=O)CC2)cc1Nc1cccn(-c2nccs2)c1=O. The maximum atomic E-state index is 12.9. The van der Waals surface area contributed by atoms with E-state index in [1.165, 1.54) is 29.2 Å². The summed E-state index contributed by atoms with van der Waals surface area (Å²) in [5.74, 6) is -1.03. The van der Waals surface area contributed by atoms with Gasteiger partial charge in [-0.25, -0.2) is 10.5 Å². The van der Waals surface area contributed by atoms with Crippen molar-refractivity contribution in [2.45, 2.75) is 18.3 Å². The summed E-state index contributed by atoms with van der Waals surface area (Å²) >= 11 is 1.32. The van der Waals surface area contributed by atoms with Crippen LogP contribution in [0, 0.1) is 0 Å². The molecule has 10 nitrogen and oxygen atoms in total. The van der Waals surface area contributed by atoms with Crippen molar-refractivity contribution < 1.29 is 14.4 Å². The predicted molar refractivity (Wildman–Crippen MR) is 110 cm³/mol. The quantitative estimate of drug-likeness (QED) is 0.483. The molecule has 4 N–H and O–H groups in total. The lowest BCUT2D eigenvalue weighted by Crippen LogP contribution is -2.30. The van der Waals surface area contributed by atoms with E-state index < -0.39 is 17.2 Å². The number of rotatable bonds is 7. The number of pyridine rings is 2. The average molecular weight is 426 g/mol. The minimum Gasteiger partial charge on any atom is -0.369 e. The Bertz CT molecular complexity index is 1170. The van der Waals surface area contributed by atoms with E-state index in [0.29, 0.717) is 29.4 Å². The second-order valence-corrected chi connectivity index (χ2v) is 7.61. The monoisotopic (exact) mass is 426 g/mol. The summed E-state index contributed by atoms with van der Waals surface area (Å²) in [7, 11) is 1.31. The highest BCUT2D eigenvalue weighted by Gasteiger charge is 2.51. The molecule has 2 amide bonds. The number of carbonyl (C=O) groups excluding carboxylic acids is 2. The summed E-state index contributed by atoms with van der Waals surface area (Å²) < 4.78 is 1.40. The first-order valence-electron chi connectivity index (χ1n) is 8.98. The number of nitrogens with zero attached hydrogens (tertiary/aromatic N) is 3. The van der Waals surface area contributed by atoms with Crippen molar-refractivity contribution in [3.8, 4) is 5.13 Å². The molecule has 1 aliphatic rings. The third-order valence-electron chi connectivity index (χ3n) is 4.90. The lowest BCUT2D eigenvalue weighted by molar-refractivity contribution is -0.120. The van der Waals surface area contributed by atoms with Crippen LogP contribution in [0.15, 0.2) is 47.0 Å². The number of primary amides is 1. The fourth-order valence-corrected chi connectivity index (χ4v) is 3.75.